The van der Waals surface area contributed by atoms with Crippen molar-refractivity contribution >= 4 is 18.3 Å². The highest BCUT2D eigenvalue weighted by Gasteiger charge is 2.27. The van der Waals surface area contributed by atoms with Gasteiger partial charge in [-0.1, -0.05) is 31.2 Å². The number of halogens is 1. The topological polar surface area (TPSA) is 50.8 Å². The van der Waals surface area contributed by atoms with Crippen LogP contribution in [0.2, 0.25) is 0 Å². The van der Waals surface area contributed by atoms with E-state index in [-0.39, 0.29) is 24.4 Å². The SMILES string of the molecule is CCc1ccc(C2CNCCN2C(=O)CCOCCOC)cc1.Cl. The van der Waals surface area contributed by atoms with E-state index in [0.29, 0.717) is 26.2 Å². The van der Waals surface area contributed by atoms with E-state index in [1.807, 2.05) is 4.90 Å². The minimum atomic E-state index is 0. The molecule has 0 aliphatic carbocycles. The second kappa shape index (κ2) is 11.4. The first kappa shape index (κ1) is 20.9. The molecule has 5 nitrogen and oxygen atoms in total. The van der Waals surface area contributed by atoms with Crippen LogP contribution >= 0.6 is 12.4 Å². The molecule has 136 valence electrons. The van der Waals surface area contributed by atoms with Crippen LogP contribution in [0.15, 0.2) is 24.3 Å². The Morgan fingerprint density at radius 2 is 2.00 bits per heavy atom. The zero-order chi connectivity index (χ0) is 16.5. The number of nitrogens with zero attached hydrogens (tertiary/aromatic N) is 1. The quantitative estimate of drug-likeness (QED) is 0.725. The van der Waals surface area contributed by atoms with Crippen LogP contribution in [0.1, 0.15) is 30.5 Å². The smallest absolute Gasteiger partial charge is 0.225 e. The zero-order valence-electron chi connectivity index (χ0n) is 14.6. The maximum Gasteiger partial charge on any atom is 0.225 e. The average molecular weight is 357 g/mol. The van der Waals surface area contributed by atoms with Gasteiger partial charge in [-0.2, -0.15) is 0 Å². The number of benzene rings is 1. The van der Waals surface area contributed by atoms with Crippen LogP contribution in [0.5, 0.6) is 0 Å². The molecule has 1 saturated heterocycles. The van der Waals surface area contributed by atoms with Crippen molar-refractivity contribution in [3.05, 3.63) is 35.4 Å². The number of amides is 1. The number of rotatable bonds is 8. The van der Waals surface area contributed by atoms with Gasteiger partial charge in [0, 0.05) is 26.7 Å². The van der Waals surface area contributed by atoms with Gasteiger partial charge >= 0.3 is 0 Å². The largest absolute Gasteiger partial charge is 0.382 e. The highest BCUT2D eigenvalue weighted by atomic mass is 35.5. The van der Waals surface area contributed by atoms with Crippen molar-refractivity contribution in [2.24, 2.45) is 0 Å². The summed E-state index contributed by atoms with van der Waals surface area (Å²) in [6, 6.07) is 8.71. The molecule has 1 unspecified atom stereocenters. The first-order valence-corrected chi connectivity index (χ1v) is 8.42. The Morgan fingerprint density at radius 1 is 1.25 bits per heavy atom. The van der Waals surface area contributed by atoms with Crippen molar-refractivity contribution in [1.82, 2.24) is 10.2 Å². The molecule has 1 aliphatic rings. The lowest BCUT2D eigenvalue weighted by Gasteiger charge is -2.36. The van der Waals surface area contributed by atoms with E-state index in [1.165, 1.54) is 11.1 Å². The molecule has 0 spiro atoms. The first-order chi connectivity index (χ1) is 11.3. The van der Waals surface area contributed by atoms with Crippen LogP contribution < -0.4 is 5.32 Å². The fourth-order valence-corrected chi connectivity index (χ4v) is 2.82. The highest BCUT2D eigenvalue weighted by Crippen LogP contribution is 2.23. The number of methoxy groups -OCH3 is 1. The Bertz CT molecular complexity index is 482. The predicted octanol–water partition coefficient (Wildman–Crippen LogP) is 2.20. The molecule has 1 aliphatic heterocycles. The highest BCUT2D eigenvalue weighted by molar-refractivity contribution is 5.85. The van der Waals surface area contributed by atoms with E-state index in [9.17, 15) is 4.79 Å². The third kappa shape index (κ3) is 6.06. The molecule has 0 radical (unpaired) electrons. The summed E-state index contributed by atoms with van der Waals surface area (Å²) < 4.78 is 10.3. The Labute approximate surface area is 151 Å². The number of carbonyl (C=O) groups is 1. The second-order valence-corrected chi connectivity index (χ2v) is 5.76. The van der Waals surface area contributed by atoms with Crippen molar-refractivity contribution < 1.29 is 14.3 Å². The monoisotopic (exact) mass is 356 g/mol. The van der Waals surface area contributed by atoms with E-state index in [4.69, 9.17) is 9.47 Å². The first-order valence-electron chi connectivity index (χ1n) is 8.42. The minimum Gasteiger partial charge on any atom is -0.382 e. The van der Waals surface area contributed by atoms with Gasteiger partial charge < -0.3 is 19.7 Å². The molecular formula is C18H29ClN2O3. The van der Waals surface area contributed by atoms with Gasteiger partial charge in [0.05, 0.1) is 32.3 Å². The molecule has 2 rings (SSSR count). The molecule has 1 aromatic carbocycles. The average Bonchev–Trinajstić information content (AvgIpc) is 2.61. The molecule has 6 heteroatoms. The standard InChI is InChI=1S/C18H28N2O3.ClH/c1-3-15-4-6-16(7-5-15)17-14-19-9-10-20(17)18(21)8-11-23-13-12-22-2;/h4-7,17,19H,3,8-14H2,1-2H3;1H. The van der Waals surface area contributed by atoms with Gasteiger partial charge in [0.2, 0.25) is 5.91 Å². The van der Waals surface area contributed by atoms with Gasteiger partial charge in [-0.25, -0.2) is 0 Å². The summed E-state index contributed by atoms with van der Waals surface area (Å²) in [7, 11) is 1.64. The number of nitrogens with one attached hydrogen (secondary N) is 1. The van der Waals surface area contributed by atoms with Crippen LogP contribution in [0.4, 0.5) is 0 Å². The molecule has 0 saturated carbocycles. The van der Waals surface area contributed by atoms with Crippen molar-refractivity contribution in [2.75, 3.05) is 46.6 Å². The minimum absolute atomic E-state index is 0. The summed E-state index contributed by atoms with van der Waals surface area (Å²) in [5.41, 5.74) is 2.52. The number of carbonyl (C=O) groups excluding carboxylic acids is 1. The molecule has 1 heterocycles. The zero-order valence-corrected chi connectivity index (χ0v) is 15.4. The third-order valence-electron chi connectivity index (χ3n) is 4.23. The molecule has 1 atom stereocenters. The molecule has 1 N–H and O–H groups in total. The van der Waals surface area contributed by atoms with Crippen molar-refractivity contribution in [3.63, 3.8) is 0 Å². The van der Waals surface area contributed by atoms with Crippen LogP contribution in [0, 0.1) is 0 Å². The molecule has 1 fully saturated rings. The van der Waals surface area contributed by atoms with Crippen molar-refractivity contribution in [1.29, 1.82) is 0 Å². The Morgan fingerprint density at radius 3 is 2.67 bits per heavy atom. The number of hydrogen-bond acceptors (Lipinski definition) is 4. The lowest BCUT2D eigenvalue weighted by molar-refractivity contribution is -0.135. The van der Waals surface area contributed by atoms with E-state index in [1.54, 1.807) is 7.11 Å². The molecule has 1 aromatic rings. The predicted molar refractivity (Wildman–Crippen MR) is 97.7 cm³/mol. The molecule has 0 bridgehead atoms. The van der Waals surface area contributed by atoms with Gasteiger partial charge in [-0.3, -0.25) is 4.79 Å². The van der Waals surface area contributed by atoms with E-state index in [0.717, 1.165) is 26.1 Å². The van der Waals surface area contributed by atoms with Crippen molar-refractivity contribution in [2.45, 2.75) is 25.8 Å². The Hall–Kier alpha value is -1.14. The summed E-state index contributed by atoms with van der Waals surface area (Å²) in [4.78, 5) is 14.5. The van der Waals surface area contributed by atoms with E-state index in [2.05, 4.69) is 36.5 Å². The maximum absolute atomic E-state index is 12.5. The number of ether oxygens (including phenoxy) is 2. The molecule has 0 aromatic heterocycles. The molecule has 1 amide bonds. The maximum atomic E-state index is 12.5. The molecule has 24 heavy (non-hydrogen) atoms. The van der Waals surface area contributed by atoms with Crippen LogP contribution in [0.3, 0.4) is 0 Å². The second-order valence-electron chi connectivity index (χ2n) is 5.76. The van der Waals surface area contributed by atoms with Gasteiger partial charge in [0.1, 0.15) is 0 Å². The van der Waals surface area contributed by atoms with Gasteiger partial charge in [-0.05, 0) is 17.5 Å². The van der Waals surface area contributed by atoms with Gasteiger partial charge in [-0.15, -0.1) is 12.4 Å². The van der Waals surface area contributed by atoms with E-state index >= 15 is 0 Å². The van der Waals surface area contributed by atoms with Crippen LogP contribution in [0.25, 0.3) is 0 Å². The number of hydrogen-bond donors (Lipinski definition) is 1. The third-order valence-corrected chi connectivity index (χ3v) is 4.23. The van der Waals surface area contributed by atoms with E-state index < -0.39 is 0 Å². The lowest BCUT2D eigenvalue weighted by Crippen LogP contribution is -2.48. The summed E-state index contributed by atoms with van der Waals surface area (Å²) in [6.45, 7) is 6.10. The summed E-state index contributed by atoms with van der Waals surface area (Å²) >= 11 is 0. The Kier molecular flexibility index (Phi) is 9.95. The number of piperazine rings is 1. The van der Waals surface area contributed by atoms with Gasteiger partial charge in [0.25, 0.3) is 0 Å². The van der Waals surface area contributed by atoms with Crippen LogP contribution in [-0.4, -0.2) is 57.4 Å². The normalized spacial score (nSPS) is 17.4. The van der Waals surface area contributed by atoms with Gasteiger partial charge in [0.15, 0.2) is 0 Å². The summed E-state index contributed by atoms with van der Waals surface area (Å²) in [6.07, 6.45) is 1.46. The lowest BCUT2D eigenvalue weighted by atomic mass is 10.0. The van der Waals surface area contributed by atoms with Crippen LogP contribution in [-0.2, 0) is 20.7 Å². The number of aryl methyl sites for hydroxylation is 1. The molecular weight excluding hydrogens is 328 g/mol. The Balaban J connectivity index is 0.00000288. The summed E-state index contributed by atoms with van der Waals surface area (Å²) in [5.74, 6) is 0.161. The fraction of sp³-hybridized carbons (Fsp3) is 0.611. The fourth-order valence-electron chi connectivity index (χ4n) is 2.82. The summed E-state index contributed by atoms with van der Waals surface area (Å²) in [5, 5.41) is 3.39. The van der Waals surface area contributed by atoms with Crippen molar-refractivity contribution in [3.8, 4) is 0 Å².